The van der Waals surface area contributed by atoms with Gasteiger partial charge in [0.05, 0.1) is 0 Å². The molecule has 0 atom stereocenters. The largest absolute Gasteiger partial charge is 0.331 e. The summed E-state index contributed by atoms with van der Waals surface area (Å²) < 4.78 is 1.52. The number of carbonyl (C=O) groups is 1. The third kappa shape index (κ3) is 3.46. The molecule has 0 aliphatic carbocycles. The molecule has 0 unspecified atom stereocenters. The van der Waals surface area contributed by atoms with Crippen LogP contribution in [0, 0.1) is 13.8 Å². The first-order chi connectivity index (χ1) is 11.5. The minimum atomic E-state index is -0.505. The molecule has 122 valence electrons. The van der Waals surface area contributed by atoms with Crippen LogP contribution >= 0.6 is 12.2 Å². The predicted molar refractivity (Wildman–Crippen MR) is 93.5 cm³/mol. The van der Waals surface area contributed by atoms with Crippen molar-refractivity contribution in [1.82, 2.24) is 30.4 Å². The van der Waals surface area contributed by atoms with Gasteiger partial charge in [-0.05, 0) is 44.3 Å². The first-order valence-corrected chi connectivity index (χ1v) is 7.57. The molecule has 2 aromatic heterocycles. The molecule has 1 amide bonds. The Kier molecular flexibility index (Phi) is 4.34. The van der Waals surface area contributed by atoms with Gasteiger partial charge in [0.25, 0.3) is 5.78 Å². The molecule has 2 heterocycles. The van der Waals surface area contributed by atoms with E-state index in [-0.39, 0.29) is 10.9 Å². The third-order valence-electron chi connectivity index (χ3n) is 3.14. The Bertz CT molecular complexity index is 907. The molecule has 0 radical (unpaired) electrons. The molecule has 3 N–H and O–H groups in total. The summed E-state index contributed by atoms with van der Waals surface area (Å²) in [5.74, 6) is -0.122. The second-order valence-electron chi connectivity index (χ2n) is 5.09. The van der Waals surface area contributed by atoms with Gasteiger partial charge in [0.1, 0.15) is 0 Å². The van der Waals surface area contributed by atoms with Crippen molar-refractivity contribution in [2.24, 2.45) is 0 Å². The van der Waals surface area contributed by atoms with Crippen LogP contribution in [0.5, 0.6) is 0 Å². The van der Waals surface area contributed by atoms with Gasteiger partial charge in [0.2, 0.25) is 5.82 Å². The van der Waals surface area contributed by atoms with Gasteiger partial charge in [-0.1, -0.05) is 18.2 Å². The van der Waals surface area contributed by atoms with Crippen molar-refractivity contribution in [3.8, 4) is 0 Å². The van der Waals surface area contributed by atoms with Crippen LogP contribution in [0.3, 0.4) is 0 Å². The van der Waals surface area contributed by atoms with Gasteiger partial charge in [0.15, 0.2) is 5.11 Å². The first kappa shape index (κ1) is 15.8. The lowest BCUT2D eigenvalue weighted by atomic mass is 10.3. The number of fused-ring (bicyclic) bond motifs is 1. The van der Waals surface area contributed by atoms with Gasteiger partial charge in [-0.15, -0.1) is 5.10 Å². The van der Waals surface area contributed by atoms with E-state index in [1.54, 1.807) is 0 Å². The van der Waals surface area contributed by atoms with E-state index < -0.39 is 5.91 Å². The number of aryl methyl sites for hydroxylation is 2. The number of hydrogen-bond donors (Lipinski definition) is 3. The minimum absolute atomic E-state index is 0.00575. The number of benzene rings is 1. The number of para-hydroxylation sites is 1. The van der Waals surface area contributed by atoms with Crippen molar-refractivity contribution >= 4 is 34.7 Å². The van der Waals surface area contributed by atoms with E-state index in [9.17, 15) is 4.79 Å². The highest BCUT2D eigenvalue weighted by Gasteiger charge is 2.15. The number of hydrazine groups is 1. The van der Waals surface area contributed by atoms with E-state index in [1.165, 1.54) is 4.52 Å². The van der Waals surface area contributed by atoms with Crippen molar-refractivity contribution in [2.45, 2.75) is 13.8 Å². The van der Waals surface area contributed by atoms with E-state index >= 15 is 0 Å². The van der Waals surface area contributed by atoms with E-state index in [4.69, 9.17) is 12.2 Å². The summed E-state index contributed by atoms with van der Waals surface area (Å²) in [6.45, 7) is 3.73. The predicted octanol–water partition coefficient (Wildman–Crippen LogP) is 1.37. The topological polar surface area (TPSA) is 96.2 Å². The molecule has 0 spiro atoms. The molecule has 0 bridgehead atoms. The molecule has 8 nitrogen and oxygen atoms in total. The molecular weight excluding hydrogens is 326 g/mol. The summed E-state index contributed by atoms with van der Waals surface area (Å²) in [5, 5.41) is 7.33. The van der Waals surface area contributed by atoms with Gasteiger partial charge in [-0.2, -0.15) is 4.98 Å². The van der Waals surface area contributed by atoms with Gasteiger partial charge in [-0.25, -0.2) is 9.50 Å². The maximum Gasteiger partial charge on any atom is 0.309 e. The average molecular weight is 341 g/mol. The highest BCUT2D eigenvalue weighted by atomic mass is 32.1. The Balaban J connectivity index is 1.65. The molecule has 0 saturated heterocycles. The second kappa shape index (κ2) is 6.59. The molecule has 0 fully saturated rings. The van der Waals surface area contributed by atoms with Gasteiger partial charge in [-0.3, -0.25) is 15.6 Å². The molecule has 0 aliphatic rings. The third-order valence-corrected chi connectivity index (χ3v) is 3.35. The number of amides is 1. The number of anilines is 1. The van der Waals surface area contributed by atoms with Crippen LogP contribution in [-0.4, -0.2) is 30.6 Å². The Hall–Kier alpha value is -3.07. The Labute approximate surface area is 143 Å². The Morgan fingerprint density at radius 3 is 2.62 bits per heavy atom. The molecule has 0 aliphatic heterocycles. The summed E-state index contributed by atoms with van der Waals surface area (Å²) in [4.78, 5) is 20.5. The average Bonchev–Trinajstić information content (AvgIpc) is 2.98. The Morgan fingerprint density at radius 1 is 1.12 bits per heavy atom. The zero-order valence-corrected chi connectivity index (χ0v) is 13.9. The zero-order chi connectivity index (χ0) is 17.1. The van der Waals surface area contributed by atoms with E-state index in [2.05, 4.69) is 31.2 Å². The normalized spacial score (nSPS) is 10.4. The van der Waals surface area contributed by atoms with Gasteiger partial charge < -0.3 is 5.32 Å². The first-order valence-electron chi connectivity index (χ1n) is 7.16. The standard InChI is InChI=1S/C15H15N7OS/c1-9-8-10(2)22-14(16-9)18-12(21-22)13(23)19-20-15(24)17-11-6-4-3-5-7-11/h3-8H,1-2H3,(H,19,23)(H2,17,20,24). The van der Waals surface area contributed by atoms with Gasteiger partial charge >= 0.3 is 5.91 Å². The van der Waals surface area contributed by atoms with Crippen molar-refractivity contribution in [1.29, 1.82) is 0 Å². The van der Waals surface area contributed by atoms with E-state index in [1.807, 2.05) is 50.2 Å². The molecule has 3 rings (SSSR count). The highest BCUT2D eigenvalue weighted by Crippen LogP contribution is 2.05. The summed E-state index contributed by atoms with van der Waals surface area (Å²) >= 11 is 5.11. The molecular formula is C15H15N7OS. The molecule has 24 heavy (non-hydrogen) atoms. The summed E-state index contributed by atoms with van der Waals surface area (Å²) in [6, 6.07) is 11.2. The number of rotatable bonds is 2. The fraction of sp³-hybridized carbons (Fsp3) is 0.133. The maximum atomic E-state index is 12.1. The number of aromatic nitrogens is 4. The van der Waals surface area contributed by atoms with Crippen LogP contribution in [0.2, 0.25) is 0 Å². The van der Waals surface area contributed by atoms with Crippen molar-refractivity contribution < 1.29 is 4.79 Å². The van der Waals surface area contributed by atoms with Crippen molar-refractivity contribution in [3.05, 3.63) is 53.6 Å². The van der Waals surface area contributed by atoms with Crippen LogP contribution in [0.25, 0.3) is 5.78 Å². The fourth-order valence-corrected chi connectivity index (χ4v) is 2.28. The van der Waals surface area contributed by atoms with Gasteiger partial charge in [0, 0.05) is 17.1 Å². The van der Waals surface area contributed by atoms with Crippen LogP contribution in [0.1, 0.15) is 22.0 Å². The van der Waals surface area contributed by atoms with E-state index in [0.29, 0.717) is 5.78 Å². The smallest absolute Gasteiger partial charge is 0.309 e. The van der Waals surface area contributed by atoms with Crippen molar-refractivity contribution in [2.75, 3.05) is 5.32 Å². The van der Waals surface area contributed by atoms with Crippen LogP contribution in [-0.2, 0) is 0 Å². The summed E-state index contributed by atoms with van der Waals surface area (Å²) in [6.07, 6.45) is 0. The molecule has 0 saturated carbocycles. The SMILES string of the molecule is Cc1cc(C)n2nc(C(=O)NNC(=S)Nc3ccccc3)nc2n1. The highest BCUT2D eigenvalue weighted by molar-refractivity contribution is 7.80. The maximum absolute atomic E-state index is 12.1. The number of thiocarbonyl (C=S) groups is 1. The lowest BCUT2D eigenvalue weighted by molar-refractivity contribution is 0.0934. The lowest BCUT2D eigenvalue weighted by Crippen LogP contribution is -2.44. The second-order valence-corrected chi connectivity index (χ2v) is 5.49. The number of carbonyl (C=O) groups excluding carboxylic acids is 1. The molecule has 1 aromatic carbocycles. The quantitative estimate of drug-likeness (QED) is 0.478. The van der Waals surface area contributed by atoms with E-state index in [0.717, 1.165) is 17.1 Å². The van der Waals surface area contributed by atoms with Crippen LogP contribution in [0.4, 0.5) is 5.69 Å². The van der Waals surface area contributed by atoms with Crippen LogP contribution in [0.15, 0.2) is 36.4 Å². The fourth-order valence-electron chi connectivity index (χ4n) is 2.12. The Morgan fingerprint density at radius 2 is 1.88 bits per heavy atom. The zero-order valence-electron chi connectivity index (χ0n) is 13.1. The monoisotopic (exact) mass is 341 g/mol. The van der Waals surface area contributed by atoms with Crippen molar-refractivity contribution in [3.63, 3.8) is 0 Å². The minimum Gasteiger partial charge on any atom is -0.331 e. The van der Waals surface area contributed by atoms with Crippen LogP contribution < -0.4 is 16.2 Å². The number of nitrogens with zero attached hydrogens (tertiary/aromatic N) is 4. The molecule has 3 aromatic rings. The number of hydrogen-bond acceptors (Lipinski definition) is 5. The summed E-state index contributed by atoms with van der Waals surface area (Å²) in [7, 11) is 0. The number of nitrogens with one attached hydrogen (secondary N) is 3. The lowest BCUT2D eigenvalue weighted by Gasteiger charge is -2.10. The molecule has 9 heteroatoms. The summed E-state index contributed by atoms with van der Waals surface area (Å²) in [5.41, 5.74) is 7.53.